The maximum absolute atomic E-state index is 12.2. The molecule has 152 valence electrons. The minimum atomic E-state index is -0.176. The minimum absolute atomic E-state index is 0.0290. The monoisotopic (exact) mass is 385 g/mol. The molecule has 2 rings (SSSR count). The molecule has 1 amide bonds. The van der Waals surface area contributed by atoms with Gasteiger partial charge in [0.05, 0.1) is 13.2 Å². The zero-order valence-corrected chi connectivity index (χ0v) is 17.7. The predicted octanol–water partition coefficient (Wildman–Crippen LogP) is 4.48. The first-order valence-electron chi connectivity index (χ1n) is 9.53. The van der Waals surface area contributed by atoms with Gasteiger partial charge in [0.1, 0.15) is 5.75 Å². The van der Waals surface area contributed by atoms with E-state index >= 15 is 0 Å². The number of amides is 1. The van der Waals surface area contributed by atoms with Crippen molar-refractivity contribution in [3.8, 4) is 17.2 Å². The number of carbonyl (C=O) groups is 1. The summed E-state index contributed by atoms with van der Waals surface area (Å²) in [6.07, 6.45) is 0.0626. The number of benzene rings is 2. The van der Waals surface area contributed by atoms with Gasteiger partial charge in [-0.05, 0) is 48.6 Å². The lowest BCUT2D eigenvalue weighted by Crippen LogP contribution is -2.29. The highest BCUT2D eigenvalue weighted by molar-refractivity contribution is 5.77. The molecule has 0 atom stereocenters. The summed E-state index contributed by atoms with van der Waals surface area (Å²) >= 11 is 0. The van der Waals surface area contributed by atoms with Crippen LogP contribution in [-0.4, -0.2) is 25.7 Å². The third-order valence-electron chi connectivity index (χ3n) is 4.13. The molecular formula is C23H31NO4. The summed E-state index contributed by atoms with van der Waals surface area (Å²) in [5, 5.41) is 2.88. The van der Waals surface area contributed by atoms with Crippen LogP contribution < -0.4 is 19.5 Å². The molecule has 0 heterocycles. The molecular weight excluding hydrogens is 354 g/mol. The van der Waals surface area contributed by atoms with Gasteiger partial charge in [-0.25, -0.2) is 0 Å². The quantitative estimate of drug-likeness (QED) is 0.728. The summed E-state index contributed by atoms with van der Waals surface area (Å²) in [4.78, 5) is 12.2. The maximum atomic E-state index is 12.2. The van der Waals surface area contributed by atoms with Crippen molar-refractivity contribution < 1.29 is 19.0 Å². The number of para-hydroxylation sites is 1. The smallest absolute Gasteiger partial charge is 0.258 e. The summed E-state index contributed by atoms with van der Waals surface area (Å²) in [7, 11) is 1.60. The normalized spacial score (nSPS) is 11.2. The molecule has 0 radical (unpaired) electrons. The van der Waals surface area contributed by atoms with Crippen LogP contribution in [0.2, 0.25) is 0 Å². The molecule has 0 spiro atoms. The fraction of sp³-hybridized carbons (Fsp3) is 0.435. The molecule has 0 aromatic heterocycles. The number of carbonyl (C=O) groups excluding carboxylic acids is 1. The van der Waals surface area contributed by atoms with Gasteiger partial charge in [-0.15, -0.1) is 0 Å². The van der Waals surface area contributed by atoms with Crippen LogP contribution in [0.25, 0.3) is 0 Å². The highest BCUT2D eigenvalue weighted by Gasteiger charge is 2.19. The molecule has 0 saturated carbocycles. The Morgan fingerprint density at radius 2 is 1.75 bits per heavy atom. The third-order valence-corrected chi connectivity index (χ3v) is 4.13. The molecule has 28 heavy (non-hydrogen) atoms. The first kappa shape index (κ1) is 21.6. The van der Waals surface area contributed by atoms with Gasteiger partial charge in [-0.1, -0.05) is 45.0 Å². The number of hydrogen-bond donors (Lipinski definition) is 1. The van der Waals surface area contributed by atoms with Crippen molar-refractivity contribution in [2.45, 2.75) is 52.7 Å². The van der Waals surface area contributed by atoms with Crippen molar-refractivity contribution in [1.29, 1.82) is 0 Å². The maximum Gasteiger partial charge on any atom is 0.258 e. The first-order chi connectivity index (χ1) is 13.2. The Balaban J connectivity index is 1.93. The van der Waals surface area contributed by atoms with E-state index in [4.69, 9.17) is 14.2 Å². The van der Waals surface area contributed by atoms with Gasteiger partial charge in [0.15, 0.2) is 18.1 Å². The lowest BCUT2D eigenvalue weighted by Gasteiger charge is -2.22. The van der Waals surface area contributed by atoms with Crippen molar-refractivity contribution in [2.75, 3.05) is 13.7 Å². The Kier molecular flexibility index (Phi) is 7.32. The van der Waals surface area contributed by atoms with Crippen molar-refractivity contribution in [3.05, 3.63) is 53.6 Å². The number of nitrogens with one attached hydrogen (secondary N) is 1. The van der Waals surface area contributed by atoms with Gasteiger partial charge in [0.25, 0.3) is 5.91 Å². The van der Waals surface area contributed by atoms with E-state index in [9.17, 15) is 4.79 Å². The van der Waals surface area contributed by atoms with Crippen LogP contribution in [0.15, 0.2) is 42.5 Å². The molecule has 5 heteroatoms. The van der Waals surface area contributed by atoms with Gasteiger partial charge in [0.2, 0.25) is 0 Å². The molecule has 0 aliphatic heterocycles. The van der Waals surface area contributed by atoms with E-state index in [1.165, 1.54) is 0 Å². The van der Waals surface area contributed by atoms with Crippen LogP contribution >= 0.6 is 0 Å². The number of rotatable bonds is 8. The summed E-state index contributed by atoms with van der Waals surface area (Å²) in [6.45, 7) is 10.6. The third kappa shape index (κ3) is 6.19. The molecule has 0 unspecified atom stereocenters. The number of ether oxygens (including phenoxy) is 3. The summed E-state index contributed by atoms with van der Waals surface area (Å²) in [5.41, 5.74) is 1.95. The van der Waals surface area contributed by atoms with E-state index in [-0.39, 0.29) is 24.0 Å². The predicted molar refractivity (Wildman–Crippen MR) is 111 cm³/mol. The second kappa shape index (κ2) is 9.49. The molecule has 0 bridgehead atoms. The van der Waals surface area contributed by atoms with Gasteiger partial charge in [-0.3, -0.25) is 4.79 Å². The van der Waals surface area contributed by atoms with Gasteiger partial charge in [0, 0.05) is 6.54 Å². The Labute approximate surface area is 168 Å². The van der Waals surface area contributed by atoms with Gasteiger partial charge < -0.3 is 19.5 Å². The lowest BCUT2D eigenvalue weighted by atomic mass is 9.86. The molecule has 2 aromatic carbocycles. The average molecular weight is 386 g/mol. The molecule has 0 saturated heterocycles. The zero-order chi connectivity index (χ0) is 20.7. The highest BCUT2D eigenvalue weighted by atomic mass is 16.5. The van der Waals surface area contributed by atoms with Crippen molar-refractivity contribution in [1.82, 2.24) is 5.32 Å². The average Bonchev–Trinajstić information content (AvgIpc) is 2.64. The van der Waals surface area contributed by atoms with Gasteiger partial charge >= 0.3 is 0 Å². The largest absolute Gasteiger partial charge is 0.493 e. The molecule has 2 aromatic rings. The highest BCUT2D eigenvalue weighted by Crippen LogP contribution is 2.31. The van der Waals surface area contributed by atoms with E-state index in [0.29, 0.717) is 18.0 Å². The van der Waals surface area contributed by atoms with E-state index < -0.39 is 0 Å². The van der Waals surface area contributed by atoms with E-state index in [0.717, 1.165) is 16.9 Å². The van der Waals surface area contributed by atoms with E-state index in [1.807, 2.05) is 56.3 Å². The Morgan fingerprint density at radius 3 is 2.39 bits per heavy atom. The fourth-order valence-electron chi connectivity index (χ4n) is 2.78. The summed E-state index contributed by atoms with van der Waals surface area (Å²) < 4.78 is 16.9. The molecule has 0 fully saturated rings. The topological polar surface area (TPSA) is 56.8 Å². The fourth-order valence-corrected chi connectivity index (χ4v) is 2.78. The number of hydrogen-bond acceptors (Lipinski definition) is 4. The summed E-state index contributed by atoms with van der Waals surface area (Å²) in [6, 6.07) is 13.5. The Bertz CT molecular complexity index is 793. The van der Waals surface area contributed by atoms with Crippen LogP contribution in [0.4, 0.5) is 0 Å². The SMILES string of the molecule is COc1cc(CNC(=O)COc2ccccc2C(C)(C)C)ccc1OC(C)C. The van der Waals surface area contributed by atoms with E-state index in [2.05, 4.69) is 26.1 Å². The standard InChI is InChI=1S/C23H31NO4/c1-16(2)28-20-12-11-17(13-21(20)26-6)14-24-22(25)15-27-19-10-8-7-9-18(19)23(3,4)5/h7-13,16H,14-15H2,1-6H3,(H,24,25). The van der Waals surface area contributed by atoms with Crippen LogP contribution in [0, 0.1) is 0 Å². The van der Waals surface area contributed by atoms with E-state index in [1.54, 1.807) is 7.11 Å². The van der Waals surface area contributed by atoms with Crippen LogP contribution in [0.1, 0.15) is 45.7 Å². The van der Waals surface area contributed by atoms with Crippen molar-refractivity contribution in [2.24, 2.45) is 0 Å². The van der Waals surface area contributed by atoms with Crippen LogP contribution in [0.5, 0.6) is 17.2 Å². The van der Waals surface area contributed by atoms with Crippen LogP contribution in [-0.2, 0) is 16.8 Å². The number of methoxy groups -OCH3 is 1. The lowest BCUT2D eigenvalue weighted by molar-refractivity contribution is -0.123. The zero-order valence-electron chi connectivity index (χ0n) is 17.7. The van der Waals surface area contributed by atoms with Gasteiger partial charge in [-0.2, -0.15) is 0 Å². The Morgan fingerprint density at radius 1 is 1.04 bits per heavy atom. The van der Waals surface area contributed by atoms with Crippen LogP contribution in [0.3, 0.4) is 0 Å². The first-order valence-corrected chi connectivity index (χ1v) is 9.53. The molecule has 0 aliphatic rings. The van der Waals surface area contributed by atoms with Crippen molar-refractivity contribution >= 4 is 5.91 Å². The second-order valence-electron chi connectivity index (χ2n) is 7.96. The molecule has 1 N–H and O–H groups in total. The molecule has 5 nitrogen and oxygen atoms in total. The minimum Gasteiger partial charge on any atom is -0.493 e. The van der Waals surface area contributed by atoms with Crippen molar-refractivity contribution in [3.63, 3.8) is 0 Å². The second-order valence-corrected chi connectivity index (χ2v) is 7.96. The molecule has 0 aliphatic carbocycles. The Hall–Kier alpha value is -2.69. The summed E-state index contributed by atoms with van der Waals surface area (Å²) in [5.74, 6) is 1.90.